The number of carbonyl (C=O) groups is 1. The lowest BCUT2D eigenvalue weighted by molar-refractivity contribution is -0.155. The summed E-state index contributed by atoms with van der Waals surface area (Å²) in [5.74, 6) is -0.642. The first-order valence-electron chi connectivity index (χ1n) is 7.72. The molecule has 1 aliphatic heterocycles. The summed E-state index contributed by atoms with van der Waals surface area (Å²) in [6, 6.07) is 0.444. The Labute approximate surface area is 116 Å². The molecule has 1 aliphatic carbocycles. The van der Waals surface area contributed by atoms with E-state index in [9.17, 15) is 9.90 Å². The Balaban J connectivity index is 2.09. The molecule has 2 fully saturated rings. The van der Waals surface area contributed by atoms with Crippen LogP contribution in [-0.2, 0) is 9.53 Å². The number of morpholine rings is 1. The fourth-order valence-corrected chi connectivity index (χ4v) is 3.61. The van der Waals surface area contributed by atoms with Crippen LogP contribution in [0.3, 0.4) is 0 Å². The summed E-state index contributed by atoms with van der Waals surface area (Å²) in [5, 5.41) is 9.59. The molecule has 4 nitrogen and oxygen atoms in total. The highest BCUT2D eigenvalue weighted by molar-refractivity contribution is 5.74. The zero-order chi connectivity index (χ0) is 13.9. The predicted molar refractivity (Wildman–Crippen MR) is 74.2 cm³/mol. The summed E-state index contributed by atoms with van der Waals surface area (Å²) >= 11 is 0. The van der Waals surface area contributed by atoms with Gasteiger partial charge in [-0.1, -0.05) is 26.7 Å². The molecular formula is C15H27NO3. The molecular weight excluding hydrogens is 242 g/mol. The van der Waals surface area contributed by atoms with Crippen molar-refractivity contribution in [2.24, 2.45) is 5.41 Å². The van der Waals surface area contributed by atoms with Gasteiger partial charge < -0.3 is 9.84 Å². The van der Waals surface area contributed by atoms with E-state index in [0.717, 1.165) is 26.0 Å². The van der Waals surface area contributed by atoms with Crippen molar-refractivity contribution >= 4 is 5.97 Å². The standard InChI is InChI=1S/C15H27NO3/c1-3-15(4-2,14(17)18)11-16-9-10-19-13-8-6-5-7-12(13)16/h12-13H,3-11H2,1-2H3,(H,17,18). The van der Waals surface area contributed by atoms with Gasteiger partial charge in [-0.05, 0) is 25.7 Å². The molecule has 2 aliphatic rings. The smallest absolute Gasteiger partial charge is 0.310 e. The van der Waals surface area contributed by atoms with Crippen molar-refractivity contribution in [3.8, 4) is 0 Å². The lowest BCUT2D eigenvalue weighted by Gasteiger charge is -2.46. The summed E-state index contributed by atoms with van der Waals surface area (Å²) < 4.78 is 5.87. The molecule has 2 unspecified atom stereocenters. The number of nitrogens with zero attached hydrogens (tertiary/aromatic N) is 1. The second-order valence-corrected chi connectivity index (χ2v) is 6.02. The Kier molecular flexibility index (Phi) is 4.85. The topological polar surface area (TPSA) is 49.8 Å². The van der Waals surface area contributed by atoms with Gasteiger partial charge in [-0.15, -0.1) is 0 Å². The van der Waals surface area contributed by atoms with Crippen LogP contribution in [0.25, 0.3) is 0 Å². The van der Waals surface area contributed by atoms with E-state index >= 15 is 0 Å². The Morgan fingerprint density at radius 3 is 2.63 bits per heavy atom. The van der Waals surface area contributed by atoms with Gasteiger partial charge in [0.2, 0.25) is 0 Å². The second-order valence-electron chi connectivity index (χ2n) is 6.02. The number of fused-ring (bicyclic) bond motifs is 1. The zero-order valence-corrected chi connectivity index (χ0v) is 12.2. The van der Waals surface area contributed by atoms with Crippen molar-refractivity contribution < 1.29 is 14.6 Å². The average Bonchev–Trinajstić information content (AvgIpc) is 2.44. The first-order chi connectivity index (χ1) is 9.13. The highest BCUT2D eigenvalue weighted by atomic mass is 16.5. The minimum atomic E-state index is -0.642. The molecule has 2 rings (SSSR count). The van der Waals surface area contributed by atoms with E-state index in [4.69, 9.17) is 4.74 Å². The number of hydrogen-bond donors (Lipinski definition) is 1. The van der Waals surface area contributed by atoms with E-state index in [1.807, 2.05) is 13.8 Å². The molecule has 0 radical (unpaired) electrons. The lowest BCUT2D eigenvalue weighted by atomic mass is 9.80. The van der Waals surface area contributed by atoms with Crippen molar-refractivity contribution in [2.75, 3.05) is 19.7 Å². The first-order valence-corrected chi connectivity index (χ1v) is 7.72. The van der Waals surface area contributed by atoms with Gasteiger partial charge in [0, 0.05) is 19.1 Å². The number of ether oxygens (including phenoxy) is 1. The summed E-state index contributed by atoms with van der Waals surface area (Å²) in [5.41, 5.74) is -0.584. The molecule has 0 spiro atoms. The van der Waals surface area contributed by atoms with Crippen LogP contribution in [0.4, 0.5) is 0 Å². The number of aliphatic carboxylic acids is 1. The third-order valence-electron chi connectivity index (χ3n) is 5.16. The Bertz CT molecular complexity index is 313. The van der Waals surface area contributed by atoms with Gasteiger partial charge in [0.1, 0.15) is 0 Å². The fourth-order valence-electron chi connectivity index (χ4n) is 3.61. The minimum absolute atomic E-state index is 0.336. The van der Waals surface area contributed by atoms with Gasteiger partial charge in [-0.25, -0.2) is 0 Å². The van der Waals surface area contributed by atoms with Crippen LogP contribution in [0, 0.1) is 5.41 Å². The highest BCUT2D eigenvalue weighted by Crippen LogP contribution is 2.34. The maximum Gasteiger partial charge on any atom is 0.310 e. The summed E-state index contributed by atoms with van der Waals surface area (Å²) in [6.07, 6.45) is 6.54. The molecule has 1 saturated heterocycles. The Morgan fingerprint density at radius 2 is 2.00 bits per heavy atom. The number of carboxylic acids is 1. The summed E-state index contributed by atoms with van der Waals surface area (Å²) in [7, 11) is 0. The first kappa shape index (κ1) is 14.8. The third-order valence-corrected chi connectivity index (χ3v) is 5.16. The molecule has 1 N–H and O–H groups in total. The molecule has 1 saturated carbocycles. The van der Waals surface area contributed by atoms with Crippen molar-refractivity contribution in [1.29, 1.82) is 0 Å². The van der Waals surface area contributed by atoms with Crippen LogP contribution in [0.2, 0.25) is 0 Å². The average molecular weight is 269 g/mol. The molecule has 110 valence electrons. The number of carboxylic acid groups (broad SMARTS) is 1. The Hall–Kier alpha value is -0.610. The van der Waals surface area contributed by atoms with Gasteiger partial charge in [0.15, 0.2) is 0 Å². The quantitative estimate of drug-likeness (QED) is 0.833. The van der Waals surface area contributed by atoms with Gasteiger partial charge in [-0.2, -0.15) is 0 Å². The van der Waals surface area contributed by atoms with Crippen molar-refractivity contribution in [3.05, 3.63) is 0 Å². The van der Waals surface area contributed by atoms with Crippen molar-refractivity contribution in [2.45, 2.75) is 64.5 Å². The molecule has 4 heteroatoms. The van der Waals surface area contributed by atoms with E-state index in [0.29, 0.717) is 31.5 Å². The molecule has 19 heavy (non-hydrogen) atoms. The minimum Gasteiger partial charge on any atom is -0.481 e. The third kappa shape index (κ3) is 2.95. The van der Waals surface area contributed by atoms with E-state index in [1.165, 1.54) is 12.8 Å². The molecule has 0 aromatic carbocycles. The normalized spacial score (nSPS) is 28.9. The molecule has 0 aromatic heterocycles. The molecule has 0 bridgehead atoms. The summed E-state index contributed by atoms with van der Waals surface area (Å²) in [6.45, 7) is 6.31. The monoisotopic (exact) mass is 269 g/mol. The Morgan fingerprint density at radius 1 is 1.32 bits per heavy atom. The van der Waals surface area contributed by atoms with E-state index in [-0.39, 0.29) is 0 Å². The van der Waals surface area contributed by atoms with E-state index in [2.05, 4.69) is 4.90 Å². The molecule has 2 atom stereocenters. The predicted octanol–water partition coefficient (Wildman–Crippen LogP) is 2.52. The van der Waals surface area contributed by atoms with Crippen molar-refractivity contribution in [1.82, 2.24) is 4.90 Å². The van der Waals surface area contributed by atoms with E-state index in [1.54, 1.807) is 0 Å². The maximum absolute atomic E-state index is 11.7. The van der Waals surface area contributed by atoms with Crippen LogP contribution in [0.15, 0.2) is 0 Å². The lowest BCUT2D eigenvalue weighted by Crippen LogP contribution is -2.56. The number of hydrogen-bond acceptors (Lipinski definition) is 3. The van der Waals surface area contributed by atoms with Crippen molar-refractivity contribution in [3.63, 3.8) is 0 Å². The summed E-state index contributed by atoms with van der Waals surface area (Å²) in [4.78, 5) is 14.1. The number of rotatable bonds is 5. The van der Waals surface area contributed by atoms with Crippen LogP contribution in [0.1, 0.15) is 52.4 Å². The van der Waals surface area contributed by atoms with Gasteiger partial charge in [0.05, 0.1) is 18.1 Å². The second kappa shape index (κ2) is 6.23. The molecule has 0 amide bonds. The fraction of sp³-hybridized carbons (Fsp3) is 0.933. The van der Waals surface area contributed by atoms with Crippen LogP contribution in [-0.4, -0.2) is 47.8 Å². The zero-order valence-electron chi connectivity index (χ0n) is 12.2. The van der Waals surface area contributed by atoms with Gasteiger partial charge in [-0.3, -0.25) is 9.69 Å². The highest BCUT2D eigenvalue weighted by Gasteiger charge is 2.41. The maximum atomic E-state index is 11.7. The van der Waals surface area contributed by atoms with E-state index < -0.39 is 11.4 Å². The van der Waals surface area contributed by atoms with Gasteiger partial charge in [0.25, 0.3) is 0 Å². The molecule has 1 heterocycles. The van der Waals surface area contributed by atoms with Crippen LogP contribution >= 0.6 is 0 Å². The van der Waals surface area contributed by atoms with Crippen LogP contribution in [0.5, 0.6) is 0 Å². The SMILES string of the molecule is CCC(CC)(CN1CCOC2CCCCC21)C(=O)O. The largest absolute Gasteiger partial charge is 0.481 e. The van der Waals surface area contributed by atoms with Gasteiger partial charge >= 0.3 is 5.97 Å². The van der Waals surface area contributed by atoms with Crippen LogP contribution < -0.4 is 0 Å². The molecule has 0 aromatic rings.